The first-order chi connectivity index (χ1) is 14.1. The zero-order chi connectivity index (χ0) is 20.5. The first kappa shape index (κ1) is 17.4. The minimum atomic E-state index is -0.133. The highest BCUT2D eigenvalue weighted by Gasteiger charge is 2.35. The van der Waals surface area contributed by atoms with Crippen molar-refractivity contribution >= 4 is 29.0 Å². The molecule has 0 N–H and O–H groups in total. The van der Waals surface area contributed by atoms with Gasteiger partial charge in [-0.05, 0) is 12.1 Å². The van der Waals surface area contributed by atoms with Crippen LogP contribution in [0.2, 0.25) is 0 Å². The molecule has 0 atom stereocenters. The van der Waals surface area contributed by atoms with Gasteiger partial charge in [-0.2, -0.15) is 21.0 Å². The lowest BCUT2D eigenvalue weighted by Gasteiger charge is -2.34. The molecule has 0 amide bonds. The van der Waals surface area contributed by atoms with E-state index >= 15 is 0 Å². The van der Waals surface area contributed by atoms with Gasteiger partial charge in [0.25, 0.3) is 0 Å². The number of benzene rings is 1. The molecule has 0 spiro atoms. The van der Waals surface area contributed by atoms with Crippen LogP contribution in [0.3, 0.4) is 0 Å². The maximum Gasteiger partial charge on any atom is 0.184 e. The molecular formula is C19H8N10. The summed E-state index contributed by atoms with van der Waals surface area (Å²) in [5.41, 5.74) is 0.111. The van der Waals surface area contributed by atoms with E-state index in [-0.39, 0.29) is 46.0 Å². The molecule has 2 aromatic heterocycles. The Labute approximate surface area is 164 Å². The van der Waals surface area contributed by atoms with Crippen molar-refractivity contribution < 1.29 is 0 Å². The summed E-state index contributed by atoms with van der Waals surface area (Å²) in [6.45, 7) is 0. The highest BCUT2D eigenvalue weighted by molar-refractivity contribution is 5.92. The van der Waals surface area contributed by atoms with Gasteiger partial charge >= 0.3 is 0 Å². The second-order valence-electron chi connectivity index (χ2n) is 5.81. The predicted octanol–water partition coefficient (Wildman–Crippen LogP) is 2.30. The van der Waals surface area contributed by atoms with Gasteiger partial charge in [-0.25, -0.2) is 19.9 Å². The standard InChI is InChI=1S/C19H8N10/c1-28-16-18(26-14(9-22)12(7-20)24-16)29(11-5-3-2-4-6-11)19-17(28)25-13(8-21)15(10-23)27-19/h2-6H,1H3. The molecule has 4 rings (SSSR count). The fourth-order valence-corrected chi connectivity index (χ4v) is 2.92. The molecule has 0 bridgehead atoms. The molecule has 3 heterocycles. The van der Waals surface area contributed by atoms with Crippen molar-refractivity contribution in [2.75, 3.05) is 16.8 Å². The summed E-state index contributed by atoms with van der Waals surface area (Å²) >= 11 is 0. The van der Waals surface area contributed by atoms with Crippen molar-refractivity contribution in [1.82, 2.24) is 19.9 Å². The molecule has 0 aliphatic carbocycles. The third kappa shape index (κ3) is 2.54. The second kappa shape index (κ2) is 6.59. The normalized spacial score (nSPS) is 11.3. The molecule has 1 aliphatic heterocycles. The van der Waals surface area contributed by atoms with Crippen LogP contribution in [-0.2, 0) is 0 Å². The van der Waals surface area contributed by atoms with Gasteiger partial charge in [0.05, 0.1) is 0 Å². The highest BCUT2D eigenvalue weighted by atomic mass is 15.4. The Hall–Kier alpha value is -5.06. The van der Waals surface area contributed by atoms with Crippen LogP contribution < -0.4 is 9.80 Å². The first-order valence-electron chi connectivity index (χ1n) is 8.16. The summed E-state index contributed by atoms with van der Waals surface area (Å²) in [7, 11) is 1.63. The number of nitriles is 4. The lowest BCUT2D eigenvalue weighted by molar-refractivity contribution is 0.944. The summed E-state index contributed by atoms with van der Waals surface area (Å²) in [6, 6.07) is 16.5. The van der Waals surface area contributed by atoms with E-state index in [2.05, 4.69) is 19.9 Å². The van der Waals surface area contributed by atoms with Crippen molar-refractivity contribution in [1.29, 1.82) is 21.0 Å². The van der Waals surface area contributed by atoms with Crippen molar-refractivity contribution in [3.63, 3.8) is 0 Å². The molecule has 1 aliphatic rings. The smallest absolute Gasteiger partial charge is 0.184 e. The quantitative estimate of drug-likeness (QED) is 0.618. The molecule has 0 saturated heterocycles. The molecule has 0 saturated carbocycles. The molecule has 10 nitrogen and oxygen atoms in total. The highest BCUT2D eigenvalue weighted by Crippen LogP contribution is 2.47. The van der Waals surface area contributed by atoms with Crippen molar-refractivity contribution in [2.45, 2.75) is 0 Å². The average Bonchev–Trinajstić information content (AvgIpc) is 2.78. The van der Waals surface area contributed by atoms with Gasteiger partial charge in [0.15, 0.2) is 46.0 Å². The Morgan fingerprint density at radius 2 is 1.00 bits per heavy atom. The van der Waals surface area contributed by atoms with Gasteiger partial charge in [0.1, 0.15) is 24.3 Å². The van der Waals surface area contributed by atoms with E-state index in [1.54, 1.807) is 36.2 Å². The summed E-state index contributed by atoms with van der Waals surface area (Å²) in [6.07, 6.45) is 0. The number of rotatable bonds is 1. The number of hydrogen-bond donors (Lipinski definition) is 0. The Balaban J connectivity index is 2.10. The van der Waals surface area contributed by atoms with Crippen molar-refractivity contribution in [2.24, 2.45) is 0 Å². The molecule has 1 aromatic carbocycles. The zero-order valence-corrected chi connectivity index (χ0v) is 14.9. The minimum absolute atomic E-state index is 0.128. The monoisotopic (exact) mass is 376 g/mol. The number of para-hydroxylation sites is 1. The fraction of sp³-hybridized carbons (Fsp3) is 0.0526. The van der Waals surface area contributed by atoms with Crippen LogP contribution in [0.5, 0.6) is 0 Å². The maximum absolute atomic E-state index is 9.38. The Bertz CT molecular complexity index is 1240. The third-order valence-corrected chi connectivity index (χ3v) is 4.22. The Morgan fingerprint density at radius 3 is 1.38 bits per heavy atom. The van der Waals surface area contributed by atoms with Gasteiger partial charge in [-0.3, -0.25) is 4.90 Å². The van der Waals surface area contributed by atoms with E-state index < -0.39 is 0 Å². The van der Waals surface area contributed by atoms with E-state index in [1.165, 1.54) is 4.90 Å². The van der Waals surface area contributed by atoms with Crippen LogP contribution in [0, 0.1) is 45.3 Å². The van der Waals surface area contributed by atoms with Gasteiger partial charge in [0, 0.05) is 12.7 Å². The van der Waals surface area contributed by atoms with E-state index in [0.717, 1.165) is 0 Å². The van der Waals surface area contributed by atoms with Crippen LogP contribution in [-0.4, -0.2) is 27.0 Å². The van der Waals surface area contributed by atoms with Crippen LogP contribution in [0.1, 0.15) is 22.8 Å². The van der Waals surface area contributed by atoms with Crippen LogP contribution in [0.15, 0.2) is 30.3 Å². The number of nitrogens with zero attached hydrogens (tertiary/aromatic N) is 10. The Morgan fingerprint density at radius 1 is 0.621 bits per heavy atom. The summed E-state index contributed by atoms with van der Waals surface area (Å²) < 4.78 is 0. The molecule has 29 heavy (non-hydrogen) atoms. The van der Waals surface area contributed by atoms with E-state index in [1.807, 2.05) is 30.3 Å². The number of anilines is 5. The molecule has 0 radical (unpaired) electrons. The van der Waals surface area contributed by atoms with Crippen LogP contribution in [0.25, 0.3) is 0 Å². The van der Waals surface area contributed by atoms with Crippen LogP contribution >= 0.6 is 0 Å². The SMILES string of the molecule is CN1c2nc(C#N)c(C#N)nc2N(c2ccccc2)c2nc(C#N)c(C#N)nc21. The van der Waals surface area contributed by atoms with Gasteiger partial charge in [-0.15, -0.1) is 0 Å². The molecular weight excluding hydrogens is 368 g/mol. The Kier molecular flexibility index (Phi) is 3.94. The van der Waals surface area contributed by atoms with Crippen molar-refractivity contribution in [3.05, 3.63) is 53.1 Å². The maximum atomic E-state index is 9.38. The molecule has 134 valence electrons. The number of fused-ring (bicyclic) bond motifs is 2. The first-order valence-corrected chi connectivity index (χ1v) is 8.16. The molecule has 0 unspecified atom stereocenters. The molecule has 10 heteroatoms. The summed E-state index contributed by atoms with van der Waals surface area (Å²) in [4.78, 5) is 20.3. The van der Waals surface area contributed by atoms with Gasteiger partial charge < -0.3 is 4.90 Å². The number of hydrogen-bond acceptors (Lipinski definition) is 10. The topological polar surface area (TPSA) is 153 Å². The predicted molar refractivity (Wildman–Crippen MR) is 99.2 cm³/mol. The van der Waals surface area contributed by atoms with Gasteiger partial charge in [-0.1, -0.05) is 18.2 Å². The van der Waals surface area contributed by atoms with E-state index in [4.69, 9.17) is 0 Å². The zero-order valence-electron chi connectivity index (χ0n) is 14.9. The van der Waals surface area contributed by atoms with Crippen LogP contribution in [0.4, 0.5) is 29.0 Å². The third-order valence-electron chi connectivity index (χ3n) is 4.22. The second-order valence-corrected chi connectivity index (χ2v) is 5.81. The summed E-state index contributed by atoms with van der Waals surface area (Å²) in [5, 5.41) is 37.4. The largest absolute Gasteiger partial charge is 0.308 e. The minimum Gasteiger partial charge on any atom is -0.308 e. The molecule has 0 fully saturated rings. The average molecular weight is 376 g/mol. The fourth-order valence-electron chi connectivity index (χ4n) is 2.92. The van der Waals surface area contributed by atoms with Crippen molar-refractivity contribution in [3.8, 4) is 24.3 Å². The van der Waals surface area contributed by atoms with E-state index in [9.17, 15) is 21.0 Å². The number of aromatic nitrogens is 4. The van der Waals surface area contributed by atoms with E-state index in [0.29, 0.717) is 5.69 Å². The van der Waals surface area contributed by atoms with Gasteiger partial charge in [0.2, 0.25) is 0 Å². The summed E-state index contributed by atoms with van der Waals surface area (Å²) in [5.74, 6) is 1.04. The lowest BCUT2D eigenvalue weighted by atomic mass is 10.2. The molecule has 3 aromatic rings. The lowest BCUT2D eigenvalue weighted by Crippen LogP contribution is -2.29.